The zero-order valence-electron chi connectivity index (χ0n) is 8.87. The summed E-state index contributed by atoms with van der Waals surface area (Å²) in [5, 5.41) is 25.6. The number of aliphatic carboxylic acids is 3. The van der Waals surface area contributed by atoms with Crippen LogP contribution in [0.15, 0.2) is 22.0 Å². The molecule has 0 amide bonds. The average molecular weight is 337 g/mol. The maximum atomic E-state index is 10.1. The van der Waals surface area contributed by atoms with Gasteiger partial charge in [-0.15, -0.1) is 11.3 Å². The molecule has 1 heterocycles. The molecule has 0 saturated heterocycles. The SMILES string of the molecule is O=C(O)/C=C/c1cc(Br)cs1.O=C(O)CC(=O)O. The third-order valence-corrected chi connectivity index (χ3v) is 2.94. The molecule has 0 bridgehead atoms. The lowest BCUT2D eigenvalue weighted by atomic mass is 10.4. The average Bonchev–Trinajstić information content (AvgIpc) is 2.60. The van der Waals surface area contributed by atoms with E-state index in [1.807, 2.05) is 11.4 Å². The van der Waals surface area contributed by atoms with Crippen molar-refractivity contribution >= 4 is 51.3 Å². The maximum Gasteiger partial charge on any atom is 0.328 e. The number of rotatable bonds is 4. The molecule has 3 N–H and O–H groups in total. The van der Waals surface area contributed by atoms with E-state index in [4.69, 9.17) is 15.3 Å². The number of thiophene rings is 1. The van der Waals surface area contributed by atoms with Crippen molar-refractivity contribution in [2.45, 2.75) is 6.42 Å². The molecule has 0 saturated carbocycles. The summed E-state index contributed by atoms with van der Waals surface area (Å²) >= 11 is 4.76. The van der Waals surface area contributed by atoms with Crippen molar-refractivity contribution in [3.8, 4) is 0 Å². The van der Waals surface area contributed by atoms with Gasteiger partial charge in [-0.1, -0.05) is 0 Å². The molecule has 1 aromatic heterocycles. The standard InChI is InChI=1S/C7H5BrO2S.C3H4O4/c8-5-3-6(11-4-5)1-2-7(9)10;4-2(5)1-3(6)7/h1-4H,(H,9,10);1H2,(H,4,5)(H,6,7)/b2-1+;. The van der Waals surface area contributed by atoms with Crippen LogP contribution in [0.5, 0.6) is 0 Å². The number of carbonyl (C=O) groups is 3. The summed E-state index contributed by atoms with van der Waals surface area (Å²) in [7, 11) is 0. The Balaban J connectivity index is 0.000000360. The molecule has 8 heteroatoms. The minimum atomic E-state index is -1.31. The first-order chi connectivity index (χ1) is 8.31. The molecule has 0 atom stereocenters. The second-order valence-electron chi connectivity index (χ2n) is 2.80. The largest absolute Gasteiger partial charge is 0.481 e. The molecule has 0 aliphatic rings. The van der Waals surface area contributed by atoms with Gasteiger partial charge in [0.05, 0.1) is 0 Å². The third-order valence-electron chi connectivity index (χ3n) is 1.28. The molecule has 0 fully saturated rings. The topological polar surface area (TPSA) is 112 Å². The van der Waals surface area contributed by atoms with Crippen molar-refractivity contribution in [2.24, 2.45) is 0 Å². The summed E-state index contributed by atoms with van der Waals surface area (Å²) in [4.78, 5) is 29.9. The quantitative estimate of drug-likeness (QED) is 0.573. The highest BCUT2D eigenvalue weighted by Crippen LogP contribution is 2.20. The molecule has 0 unspecified atom stereocenters. The van der Waals surface area contributed by atoms with E-state index in [0.717, 1.165) is 15.4 Å². The molecule has 0 aliphatic carbocycles. The van der Waals surface area contributed by atoms with Gasteiger partial charge in [0.15, 0.2) is 0 Å². The zero-order valence-corrected chi connectivity index (χ0v) is 11.3. The van der Waals surface area contributed by atoms with Gasteiger partial charge >= 0.3 is 17.9 Å². The lowest BCUT2D eigenvalue weighted by Gasteiger charge is -1.80. The van der Waals surface area contributed by atoms with Crippen LogP contribution in [-0.4, -0.2) is 33.2 Å². The number of carboxylic acid groups (broad SMARTS) is 3. The van der Waals surface area contributed by atoms with E-state index in [9.17, 15) is 14.4 Å². The van der Waals surface area contributed by atoms with Gasteiger partial charge in [0.25, 0.3) is 0 Å². The fraction of sp³-hybridized carbons (Fsp3) is 0.100. The molecule has 0 aliphatic heterocycles. The lowest BCUT2D eigenvalue weighted by Crippen LogP contribution is -2.03. The Labute approximate surface area is 114 Å². The Hall–Kier alpha value is -1.67. The Morgan fingerprint density at radius 1 is 1.22 bits per heavy atom. The highest BCUT2D eigenvalue weighted by atomic mass is 79.9. The Morgan fingerprint density at radius 2 is 1.78 bits per heavy atom. The summed E-state index contributed by atoms with van der Waals surface area (Å²) in [6.07, 6.45) is 1.88. The van der Waals surface area contributed by atoms with Gasteiger partial charge in [0.1, 0.15) is 6.42 Å². The van der Waals surface area contributed by atoms with Crippen molar-refractivity contribution in [1.82, 2.24) is 0 Å². The molecule has 98 valence electrons. The number of hydrogen-bond donors (Lipinski definition) is 3. The van der Waals surface area contributed by atoms with Crippen LogP contribution in [-0.2, 0) is 14.4 Å². The van der Waals surface area contributed by atoms with E-state index in [-0.39, 0.29) is 0 Å². The van der Waals surface area contributed by atoms with E-state index >= 15 is 0 Å². The van der Waals surface area contributed by atoms with Crippen molar-refractivity contribution in [3.05, 3.63) is 26.9 Å². The Morgan fingerprint density at radius 3 is 2.06 bits per heavy atom. The van der Waals surface area contributed by atoms with Gasteiger partial charge in [-0.2, -0.15) is 0 Å². The molecule has 1 aromatic rings. The fourth-order valence-corrected chi connectivity index (χ4v) is 2.04. The van der Waals surface area contributed by atoms with Gasteiger partial charge < -0.3 is 15.3 Å². The number of halogens is 1. The lowest BCUT2D eigenvalue weighted by molar-refractivity contribution is -0.147. The smallest absolute Gasteiger partial charge is 0.328 e. The molecule has 1 rings (SSSR count). The van der Waals surface area contributed by atoms with Gasteiger partial charge in [0.2, 0.25) is 0 Å². The Kier molecular flexibility index (Phi) is 7.64. The van der Waals surface area contributed by atoms with E-state index in [1.165, 1.54) is 11.3 Å². The fourth-order valence-electron chi connectivity index (χ4n) is 0.698. The molecule has 0 aromatic carbocycles. The van der Waals surface area contributed by atoms with Crippen molar-refractivity contribution in [3.63, 3.8) is 0 Å². The van der Waals surface area contributed by atoms with Gasteiger partial charge in [-0.3, -0.25) is 9.59 Å². The molecule has 6 nitrogen and oxygen atoms in total. The first-order valence-corrected chi connectivity index (χ1v) is 6.07. The summed E-state index contributed by atoms with van der Waals surface area (Å²) in [6, 6.07) is 1.87. The molecule has 0 spiro atoms. The maximum absolute atomic E-state index is 10.1. The van der Waals surface area contributed by atoms with Gasteiger partial charge in [0, 0.05) is 20.8 Å². The third kappa shape index (κ3) is 9.55. The van der Waals surface area contributed by atoms with Gasteiger partial charge in [-0.25, -0.2) is 4.79 Å². The zero-order chi connectivity index (χ0) is 14.1. The Bertz CT molecular complexity index is 453. The number of carboxylic acids is 3. The summed E-state index contributed by atoms with van der Waals surface area (Å²) in [6.45, 7) is 0. The van der Waals surface area contributed by atoms with E-state index in [2.05, 4.69) is 15.9 Å². The van der Waals surface area contributed by atoms with E-state index in [1.54, 1.807) is 6.08 Å². The van der Waals surface area contributed by atoms with Crippen molar-refractivity contribution < 1.29 is 29.7 Å². The predicted molar refractivity (Wildman–Crippen MR) is 68.6 cm³/mol. The molecule has 0 radical (unpaired) electrons. The summed E-state index contributed by atoms with van der Waals surface area (Å²) in [5.41, 5.74) is 0. The first-order valence-electron chi connectivity index (χ1n) is 4.40. The second kappa shape index (κ2) is 8.43. The summed E-state index contributed by atoms with van der Waals surface area (Å²) in [5.74, 6) is -3.55. The van der Waals surface area contributed by atoms with Crippen LogP contribution < -0.4 is 0 Å². The predicted octanol–water partition coefficient (Wildman–Crippen LogP) is 2.15. The normalized spacial score (nSPS) is 9.61. The van der Waals surface area contributed by atoms with Crippen LogP contribution in [0.2, 0.25) is 0 Å². The van der Waals surface area contributed by atoms with Crippen LogP contribution >= 0.6 is 27.3 Å². The van der Waals surface area contributed by atoms with E-state index < -0.39 is 24.3 Å². The highest BCUT2D eigenvalue weighted by Gasteiger charge is 2.01. The minimum absolute atomic E-state index is 0.806. The van der Waals surface area contributed by atoms with Crippen molar-refractivity contribution in [1.29, 1.82) is 0 Å². The molecule has 18 heavy (non-hydrogen) atoms. The van der Waals surface area contributed by atoms with Crippen LogP contribution in [0.4, 0.5) is 0 Å². The highest BCUT2D eigenvalue weighted by molar-refractivity contribution is 9.10. The van der Waals surface area contributed by atoms with E-state index in [0.29, 0.717) is 0 Å². The summed E-state index contributed by atoms with van der Waals surface area (Å²) < 4.78 is 0.979. The van der Waals surface area contributed by atoms with Crippen LogP contribution in [0.3, 0.4) is 0 Å². The molecular weight excluding hydrogens is 328 g/mol. The van der Waals surface area contributed by atoms with Crippen LogP contribution in [0.1, 0.15) is 11.3 Å². The number of hydrogen-bond acceptors (Lipinski definition) is 4. The minimum Gasteiger partial charge on any atom is -0.481 e. The second-order valence-corrected chi connectivity index (χ2v) is 4.66. The monoisotopic (exact) mass is 336 g/mol. The van der Waals surface area contributed by atoms with Crippen LogP contribution in [0.25, 0.3) is 6.08 Å². The molecular formula is C10H9BrO6S. The first kappa shape index (κ1) is 16.3. The van der Waals surface area contributed by atoms with Crippen LogP contribution in [0, 0.1) is 0 Å². The van der Waals surface area contributed by atoms with Gasteiger partial charge in [-0.05, 0) is 28.1 Å². The van der Waals surface area contributed by atoms with Crippen molar-refractivity contribution in [2.75, 3.05) is 0 Å².